The van der Waals surface area contributed by atoms with Crippen molar-refractivity contribution in [3.05, 3.63) is 29.8 Å². The first kappa shape index (κ1) is 12.9. The minimum Gasteiger partial charge on any atom is -0.493 e. The van der Waals surface area contributed by atoms with E-state index in [1.807, 2.05) is 0 Å². The minimum absolute atomic E-state index is 0.423. The molecule has 0 spiro atoms. The van der Waals surface area contributed by atoms with Crippen LogP contribution in [-0.4, -0.2) is 30.6 Å². The molecule has 3 rings (SSSR count). The van der Waals surface area contributed by atoms with Gasteiger partial charge in [-0.3, -0.25) is 4.90 Å². The van der Waals surface area contributed by atoms with Gasteiger partial charge in [-0.2, -0.15) is 0 Å². The maximum absolute atomic E-state index is 6.01. The summed E-state index contributed by atoms with van der Waals surface area (Å²) in [5.74, 6) is 1.07. The van der Waals surface area contributed by atoms with Crippen LogP contribution >= 0.6 is 0 Å². The molecule has 1 atom stereocenters. The molecule has 1 unspecified atom stereocenters. The van der Waals surface area contributed by atoms with E-state index in [-0.39, 0.29) is 0 Å². The molecule has 0 aromatic heterocycles. The van der Waals surface area contributed by atoms with E-state index in [1.165, 1.54) is 31.2 Å². The average molecular weight is 260 g/mol. The lowest BCUT2D eigenvalue weighted by atomic mass is 9.88. The van der Waals surface area contributed by atoms with Crippen LogP contribution in [0.1, 0.15) is 43.7 Å². The summed E-state index contributed by atoms with van der Waals surface area (Å²) >= 11 is 0. The van der Waals surface area contributed by atoms with Gasteiger partial charge in [0, 0.05) is 30.1 Å². The number of fused-ring (bicyclic) bond motifs is 1. The number of nitrogens with two attached hydrogens (primary N) is 1. The molecule has 1 fully saturated rings. The molecule has 1 aromatic rings. The van der Waals surface area contributed by atoms with Crippen molar-refractivity contribution >= 4 is 0 Å². The van der Waals surface area contributed by atoms with Crippen molar-refractivity contribution in [1.29, 1.82) is 0 Å². The molecule has 0 amide bonds. The second kappa shape index (κ2) is 5.51. The molecule has 3 nitrogen and oxygen atoms in total. The Balaban J connectivity index is 1.75. The maximum atomic E-state index is 6.01. The molecular formula is C16H24N2O. The van der Waals surface area contributed by atoms with Crippen molar-refractivity contribution in [1.82, 2.24) is 4.90 Å². The van der Waals surface area contributed by atoms with E-state index in [0.29, 0.717) is 18.1 Å². The van der Waals surface area contributed by atoms with E-state index in [2.05, 4.69) is 36.2 Å². The molecule has 104 valence electrons. The molecule has 1 heterocycles. The van der Waals surface area contributed by atoms with Crippen LogP contribution in [0, 0.1) is 0 Å². The Morgan fingerprint density at radius 2 is 1.84 bits per heavy atom. The van der Waals surface area contributed by atoms with Crippen LogP contribution in [0.2, 0.25) is 0 Å². The highest BCUT2D eigenvalue weighted by molar-refractivity contribution is 5.37. The molecule has 19 heavy (non-hydrogen) atoms. The number of ether oxygens (including phenoxy) is 1. The van der Waals surface area contributed by atoms with Crippen molar-refractivity contribution < 1.29 is 4.74 Å². The zero-order valence-corrected chi connectivity index (χ0v) is 11.7. The molecule has 1 aromatic carbocycles. The van der Waals surface area contributed by atoms with Crippen molar-refractivity contribution in [2.45, 2.75) is 50.2 Å². The van der Waals surface area contributed by atoms with E-state index in [9.17, 15) is 0 Å². The molecule has 1 aliphatic heterocycles. The summed E-state index contributed by atoms with van der Waals surface area (Å²) in [4.78, 5) is 2.56. The van der Waals surface area contributed by atoms with E-state index >= 15 is 0 Å². The van der Waals surface area contributed by atoms with Gasteiger partial charge < -0.3 is 10.5 Å². The Kier molecular flexibility index (Phi) is 3.76. The molecule has 0 radical (unpaired) electrons. The lowest BCUT2D eigenvalue weighted by molar-refractivity contribution is 0.0989. The van der Waals surface area contributed by atoms with Gasteiger partial charge in [0.05, 0.1) is 6.61 Å². The zero-order valence-electron chi connectivity index (χ0n) is 11.7. The first-order valence-electron chi connectivity index (χ1n) is 7.45. The van der Waals surface area contributed by atoms with Gasteiger partial charge in [0.25, 0.3) is 0 Å². The average Bonchev–Trinajstić information content (AvgIpc) is 2.47. The topological polar surface area (TPSA) is 38.5 Å². The van der Waals surface area contributed by atoms with Crippen molar-refractivity contribution in [2.75, 3.05) is 13.7 Å². The smallest absolute Gasteiger partial charge is 0.124 e. The van der Waals surface area contributed by atoms with Crippen LogP contribution in [0.3, 0.4) is 0 Å². The van der Waals surface area contributed by atoms with Crippen LogP contribution in [-0.2, 0) is 0 Å². The Morgan fingerprint density at radius 3 is 2.63 bits per heavy atom. The van der Waals surface area contributed by atoms with Gasteiger partial charge in [0.15, 0.2) is 0 Å². The van der Waals surface area contributed by atoms with E-state index in [1.54, 1.807) is 0 Å². The Bertz CT molecular complexity index is 427. The number of benzene rings is 1. The Hall–Kier alpha value is -1.06. The molecule has 1 aliphatic carbocycles. The summed E-state index contributed by atoms with van der Waals surface area (Å²) in [6.45, 7) is 0.832. The largest absolute Gasteiger partial charge is 0.493 e. The van der Waals surface area contributed by atoms with E-state index < -0.39 is 0 Å². The molecule has 0 saturated heterocycles. The fourth-order valence-corrected chi connectivity index (χ4v) is 3.51. The van der Waals surface area contributed by atoms with Gasteiger partial charge in [-0.1, -0.05) is 18.2 Å². The third-order valence-electron chi connectivity index (χ3n) is 4.74. The van der Waals surface area contributed by atoms with Crippen LogP contribution < -0.4 is 10.5 Å². The summed E-state index contributed by atoms with van der Waals surface area (Å²) in [5, 5.41) is 0. The highest BCUT2D eigenvalue weighted by atomic mass is 16.5. The monoisotopic (exact) mass is 260 g/mol. The Labute approximate surface area is 115 Å². The first-order chi connectivity index (χ1) is 9.25. The molecule has 3 heteroatoms. The quantitative estimate of drug-likeness (QED) is 0.888. The molecular weight excluding hydrogens is 236 g/mol. The third kappa shape index (κ3) is 2.63. The highest BCUT2D eigenvalue weighted by Crippen LogP contribution is 2.37. The van der Waals surface area contributed by atoms with Crippen molar-refractivity contribution in [3.8, 4) is 5.75 Å². The van der Waals surface area contributed by atoms with Crippen LogP contribution in [0.4, 0.5) is 0 Å². The molecule has 2 aliphatic rings. The summed E-state index contributed by atoms with van der Waals surface area (Å²) in [6, 6.07) is 10.1. The lowest BCUT2D eigenvalue weighted by Crippen LogP contribution is -2.41. The molecule has 2 N–H and O–H groups in total. The van der Waals surface area contributed by atoms with E-state index in [4.69, 9.17) is 10.5 Å². The number of rotatable bonds is 2. The minimum atomic E-state index is 0.423. The number of nitrogens with zero attached hydrogens (tertiary/aromatic N) is 1. The summed E-state index contributed by atoms with van der Waals surface area (Å²) in [6.07, 6.45) is 5.89. The summed E-state index contributed by atoms with van der Waals surface area (Å²) in [5.41, 5.74) is 7.37. The lowest BCUT2D eigenvalue weighted by Gasteiger charge is -2.40. The second-order valence-electron chi connectivity index (χ2n) is 5.92. The molecule has 0 bridgehead atoms. The highest BCUT2D eigenvalue weighted by Gasteiger charge is 2.30. The normalized spacial score (nSPS) is 30.8. The summed E-state index contributed by atoms with van der Waals surface area (Å²) in [7, 11) is 2.27. The SMILES string of the molecule is CN(C1CCC(N)CC1)C1CCOc2ccccc21. The van der Waals surface area contributed by atoms with Crippen LogP contribution in [0.25, 0.3) is 0 Å². The van der Waals surface area contributed by atoms with Crippen molar-refractivity contribution in [2.24, 2.45) is 5.73 Å². The standard InChI is InChI=1S/C16H24N2O/c1-18(13-8-6-12(17)7-9-13)15-10-11-19-16-5-3-2-4-14(15)16/h2-5,12-13,15H,6-11,17H2,1H3. The number of hydrogen-bond donors (Lipinski definition) is 1. The van der Waals surface area contributed by atoms with E-state index in [0.717, 1.165) is 18.8 Å². The van der Waals surface area contributed by atoms with Gasteiger partial charge >= 0.3 is 0 Å². The van der Waals surface area contributed by atoms with Gasteiger partial charge in [0.1, 0.15) is 5.75 Å². The third-order valence-corrected chi connectivity index (χ3v) is 4.74. The van der Waals surface area contributed by atoms with Crippen molar-refractivity contribution in [3.63, 3.8) is 0 Å². The first-order valence-corrected chi connectivity index (χ1v) is 7.45. The Morgan fingerprint density at radius 1 is 1.11 bits per heavy atom. The molecule has 1 saturated carbocycles. The second-order valence-corrected chi connectivity index (χ2v) is 5.92. The maximum Gasteiger partial charge on any atom is 0.124 e. The number of para-hydroxylation sites is 1. The fourth-order valence-electron chi connectivity index (χ4n) is 3.51. The van der Waals surface area contributed by atoms with Crippen LogP contribution in [0.5, 0.6) is 5.75 Å². The number of hydrogen-bond acceptors (Lipinski definition) is 3. The predicted octanol–water partition coefficient (Wildman–Crippen LogP) is 2.71. The summed E-state index contributed by atoms with van der Waals surface area (Å²) < 4.78 is 5.76. The van der Waals surface area contributed by atoms with Gasteiger partial charge in [-0.25, -0.2) is 0 Å². The predicted molar refractivity (Wildman–Crippen MR) is 77.3 cm³/mol. The van der Waals surface area contributed by atoms with Crippen LogP contribution in [0.15, 0.2) is 24.3 Å². The zero-order chi connectivity index (χ0) is 13.2. The fraction of sp³-hybridized carbons (Fsp3) is 0.625. The van der Waals surface area contributed by atoms with Gasteiger partial charge in [-0.05, 0) is 38.8 Å². The van der Waals surface area contributed by atoms with Gasteiger partial charge in [0.2, 0.25) is 0 Å². The van der Waals surface area contributed by atoms with Gasteiger partial charge in [-0.15, -0.1) is 0 Å².